The third-order valence-electron chi connectivity index (χ3n) is 4.01. The molecule has 0 amide bonds. The molecule has 1 aliphatic heterocycles. The van der Waals surface area contributed by atoms with Crippen LogP contribution in [0.3, 0.4) is 0 Å². The van der Waals surface area contributed by atoms with E-state index in [0.717, 1.165) is 18.8 Å². The largest absolute Gasteiger partial charge is 0.495 e. The number of hydrogen-bond donors (Lipinski definition) is 1. The molecule has 19 heavy (non-hydrogen) atoms. The molecule has 2 atom stereocenters. The van der Waals surface area contributed by atoms with Crippen molar-refractivity contribution in [2.24, 2.45) is 5.41 Å². The van der Waals surface area contributed by atoms with Gasteiger partial charge in [0.1, 0.15) is 5.75 Å². The van der Waals surface area contributed by atoms with Crippen LogP contribution in [0.4, 0.5) is 5.69 Å². The summed E-state index contributed by atoms with van der Waals surface area (Å²) < 4.78 is 5.51. The van der Waals surface area contributed by atoms with Crippen molar-refractivity contribution < 1.29 is 4.74 Å². The van der Waals surface area contributed by atoms with Gasteiger partial charge in [0.05, 0.1) is 12.8 Å². The summed E-state index contributed by atoms with van der Waals surface area (Å²) in [4.78, 5) is 2.46. The monoisotopic (exact) mass is 262 g/mol. The Morgan fingerprint density at radius 2 is 1.95 bits per heavy atom. The van der Waals surface area contributed by atoms with Crippen LogP contribution in [0, 0.1) is 5.41 Å². The number of nitrogens with zero attached hydrogens (tertiary/aromatic N) is 1. The first-order valence-electron chi connectivity index (χ1n) is 7.06. The number of ether oxygens (including phenoxy) is 1. The number of nitrogens with one attached hydrogen (secondary N) is 1. The molecule has 0 saturated carbocycles. The highest BCUT2D eigenvalue weighted by Gasteiger charge is 2.33. The summed E-state index contributed by atoms with van der Waals surface area (Å²) in [6.07, 6.45) is 0. The maximum Gasteiger partial charge on any atom is 0.142 e. The molecular formula is C16H26N2O. The second-order valence-corrected chi connectivity index (χ2v) is 6.50. The lowest BCUT2D eigenvalue weighted by Crippen LogP contribution is -2.59. The van der Waals surface area contributed by atoms with Crippen molar-refractivity contribution in [3.8, 4) is 5.75 Å². The molecule has 106 valence electrons. The first kappa shape index (κ1) is 14.2. The van der Waals surface area contributed by atoms with Crippen LogP contribution < -0.4 is 15.0 Å². The van der Waals surface area contributed by atoms with Gasteiger partial charge in [-0.2, -0.15) is 0 Å². The summed E-state index contributed by atoms with van der Waals surface area (Å²) in [7, 11) is 1.74. The summed E-state index contributed by atoms with van der Waals surface area (Å²) in [5.74, 6) is 0.962. The Kier molecular flexibility index (Phi) is 4.04. The van der Waals surface area contributed by atoms with Gasteiger partial charge >= 0.3 is 0 Å². The van der Waals surface area contributed by atoms with E-state index < -0.39 is 0 Å². The maximum atomic E-state index is 5.51. The molecule has 0 aromatic heterocycles. The molecule has 1 aromatic carbocycles. The Hall–Kier alpha value is -1.22. The van der Waals surface area contributed by atoms with E-state index in [2.05, 4.69) is 50.0 Å². The zero-order valence-corrected chi connectivity index (χ0v) is 12.7. The van der Waals surface area contributed by atoms with E-state index in [1.807, 2.05) is 12.1 Å². The zero-order chi connectivity index (χ0) is 14.0. The zero-order valence-electron chi connectivity index (χ0n) is 12.7. The number of piperazine rings is 1. The minimum absolute atomic E-state index is 0.264. The number of rotatable bonds is 2. The van der Waals surface area contributed by atoms with E-state index in [4.69, 9.17) is 4.74 Å². The molecule has 0 bridgehead atoms. The predicted octanol–water partition coefficient (Wildman–Crippen LogP) is 2.91. The smallest absolute Gasteiger partial charge is 0.142 e. The molecule has 3 nitrogen and oxygen atoms in total. The fourth-order valence-electron chi connectivity index (χ4n) is 2.65. The first-order valence-corrected chi connectivity index (χ1v) is 7.06. The Balaban J connectivity index is 2.26. The van der Waals surface area contributed by atoms with E-state index in [1.54, 1.807) is 7.11 Å². The second kappa shape index (κ2) is 5.41. The summed E-state index contributed by atoms with van der Waals surface area (Å²) in [5.41, 5.74) is 1.47. The highest BCUT2D eigenvalue weighted by Crippen LogP contribution is 2.32. The lowest BCUT2D eigenvalue weighted by molar-refractivity contribution is 0.238. The number of methoxy groups -OCH3 is 1. The molecule has 1 heterocycles. The molecule has 1 aromatic rings. The summed E-state index contributed by atoms with van der Waals surface area (Å²) >= 11 is 0. The minimum Gasteiger partial charge on any atom is -0.495 e. The Morgan fingerprint density at radius 3 is 2.58 bits per heavy atom. The highest BCUT2D eigenvalue weighted by molar-refractivity contribution is 5.59. The standard InChI is InChI=1S/C16H26N2O/c1-12-10-17-15(16(2,3)4)11-18(12)13-8-6-7-9-14(13)19-5/h6-9,12,15,17H,10-11H2,1-5H3. The van der Waals surface area contributed by atoms with Gasteiger partial charge in [0, 0.05) is 25.2 Å². The molecule has 0 radical (unpaired) electrons. The summed E-state index contributed by atoms with van der Waals surface area (Å²) in [5, 5.41) is 3.66. The van der Waals surface area contributed by atoms with Gasteiger partial charge in [0.2, 0.25) is 0 Å². The van der Waals surface area contributed by atoms with Crippen molar-refractivity contribution in [2.45, 2.75) is 39.8 Å². The van der Waals surface area contributed by atoms with Gasteiger partial charge in [-0.05, 0) is 24.5 Å². The highest BCUT2D eigenvalue weighted by atomic mass is 16.5. The minimum atomic E-state index is 0.264. The van der Waals surface area contributed by atoms with Crippen molar-refractivity contribution in [3.63, 3.8) is 0 Å². The summed E-state index contributed by atoms with van der Waals surface area (Å²) in [6, 6.07) is 9.27. The Labute approximate surface area is 116 Å². The molecule has 1 fully saturated rings. The van der Waals surface area contributed by atoms with Crippen LogP contribution in [0.2, 0.25) is 0 Å². The number of para-hydroxylation sites is 2. The number of hydrogen-bond acceptors (Lipinski definition) is 3. The lowest BCUT2D eigenvalue weighted by atomic mass is 9.84. The van der Waals surface area contributed by atoms with Gasteiger partial charge in [0.25, 0.3) is 0 Å². The first-order chi connectivity index (χ1) is 8.93. The van der Waals surface area contributed by atoms with Crippen LogP contribution in [-0.2, 0) is 0 Å². The van der Waals surface area contributed by atoms with Gasteiger partial charge in [-0.25, -0.2) is 0 Å². The van der Waals surface area contributed by atoms with Crippen LogP contribution in [0.25, 0.3) is 0 Å². The van der Waals surface area contributed by atoms with Crippen LogP contribution in [-0.4, -0.2) is 32.3 Å². The lowest BCUT2D eigenvalue weighted by Gasteiger charge is -2.45. The second-order valence-electron chi connectivity index (χ2n) is 6.50. The Bertz CT molecular complexity index is 425. The van der Waals surface area contributed by atoms with E-state index in [0.29, 0.717) is 12.1 Å². The SMILES string of the molecule is COc1ccccc1N1CC(C(C)(C)C)NCC1C. The van der Waals surface area contributed by atoms with Crippen LogP contribution in [0.1, 0.15) is 27.7 Å². The van der Waals surface area contributed by atoms with E-state index in [9.17, 15) is 0 Å². The van der Waals surface area contributed by atoms with Gasteiger partial charge in [-0.1, -0.05) is 32.9 Å². The van der Waals surface area contributed by atoms with Gasteiger partial charge < -0.3 is 15.0 Å². The van der Waals surface area contributed by atoms with Crippen molar-refractivity contribution in [3.05, 3.63) is 24.3 Å². The van der Waals surface area contributed by atoms with Gasteiger partial charge in [0.15, 0.2) is 0 Å². The molecule has 1 saturated heterocycles. The quantitative estimate of drug-likeness (QED) is 0.887. The molecule has 1 N–H and O–H groups in total. The van der Waals surface area contributed by atoms with E-state index in [-0.39, 0.29) is 5.41 Å². The maximum absolute atomic E-state index is 5.51. The fraction of sp³-hybridized carbons (Fsp3) is 0.625. The van der Waals surface area contributed by atoms with Crippen molar-refractivity contribution >= 4 is 5.69 Å². The van der Waals surface area contributed by atoms with Crippen molar-refractivity contribution in [2.75, 3.05) is 25.1 Å². The molecule has 0 aliphatic carbocycles. The Morgan fingerprint density at radius 1 is 1.26 bits per heavy atom. The normalized spacial score (nSPS) is 24.4. The third-order valence-corrected chi connectivity index (χ3v) is 4.01. The molecule has 2 unspecified atom stereocenters. The van der Waals surface area contributed by atoms with Crippen molar-refractivity contribution in [1.82, 2.24) is 5.32 Å². The molecule has 3 heteroatoms. The molecule has 1 aliphatic rings. The predicted molar refractivity (Wildman–Crippen MR) is 81.0 cm³/mol. The van der Waals surface area contributed by atoms with E-state index >= 15 is 0 Å². The summed E-state index contributed by atoms with van der Waals surface area (Å²) in [6.45, 7) is 11.2. The van der Waals surface area contributed by atoms with Gasteiger partial charge in [-0.15, -0.1) is 0 Å². The van der Waals surface area contributed by atoms with E-state index in [1.165, 1.54) is 5.69 Å². The van der Waals surface area contributed by atoms with Crippen LogP contribution in [0.5, 0.6) is 5.75 Å². The average molecular weight is 262 g/mol. The molecule has 2 rings (SSSR count). The van der Waals surface area contributed by atoms with Crippen LogP contribution in [0.15, 0.2) is 24.3 Å². The molecule has 0 spiro atoms. The fourth-order valence-corrected chi connectivity index (χ4v) is 2.65. The van der Waals surface area contributed by atoms with Crippen molar-refractivity contribution in [1.29, 1.82) is 0 Å². The number of anilines is 1. The number of benzene rings is 1. The topological polar surface area (TPSA) is 24.5 Å². The third kappa shape index (κ3) is 3.03. The van der Waals surface area contributed by atoms with Crippen LogP contribution >= 0.6 is 0 Å². The van der Waals surface area contributed by atoms with Gasteiger partial charge in [-0.3, -0.25) is 0 Å². The molecular weight excluding hydrogens is 236 g/mol. The average Bonchev–Trinajstić information content (AvgIpc) is 2.38.